The molecule has 1 heterocycles. The van der Waals surface area contributed by atoms with Gasteiger partial charge < -0.3 is 9.47 Å². The first-order valence-electron chi connectivity index (χ1n) is 6.20. The van der Waals surface area contributed by atoms with Gasteiger partial charge >= 0.3 is 0 Å². The number of methoxy groups -OCH3 is 2. The number of nitrogens with one attached hydrogen (secondary N) is 1. The number of pyridine rings is 1. The van der Waals surface area contributed by atoms with Crippen molar-refractivity contribution in [2.24, 2.45) is 5.10 Å². The molecule has 2 aromatic rings. The van der Waals surface area contributed by atoms with Crippen molar-refractivity contribution in [3.05, 3.63) is 53.9 Å². The van der Waals surface area contributed by atoms with Crippen LogP contribution >= 0.6 is 0 Å². The number of aromatic nitrogens is 1. The van der Waals surface area contributed by atoms with Gasteiger partial charge in [0.15, 0.2) is 0 Å². The van der Waals surface area contributed by atoms with Gasteiger partial charge in [-0.1, -0.05) is 0 Å². The highest BCUT2D eigenvalue weighted by Crippen LogP contribution is 2.22. The van der Waals surface area contributed by atoms with Crippen LogP contribution in [0.2, 0.25) is 0 Å². The Balaban J connectivity index is 2.09. The van der Waals surface area contributed by atoms with E-state index < -0.39 is 0 Å². The van der Waals surface area contributed by atoms with Crippen LogP contribution in [-0.4, -0.2) is 31.3 Å². The lowest BCUT2D eigenvalue weighted by atomic mass is 10.2. The van der Waals surface area contributed by atoms with Crippen LogP contribution in [-0.2, 0) is 0 Å². The molecular weight excluding hydrogens is 270 g/mol. The second-order valence-electron chi connectivity index (χ2n) is 4.05. The zero-order valence-electron chi connectivity index (χ0n) is 11.7. The van der Waals surface area contributed by atoms with Crippen LogP contribution in [0.15, 0.2) is 47.8 Å². The number of amides is 1. The van der Waals surface area contributed by atoms with E-state index in [4.69, 9.17) is 9.47 Å². The van der Waals surface area contributed by atoms with Gasteiger partial charge in [0.05, 0.1) is 26.0 Å². The summed E-state index contributed by atoms with van der Waals surface area (Å²) in [6.07, 6.45) is 4.56. The van der Waals surface area contributed by atoms with Crippen molar-refractivity contribution in [1.82, 2.24) is 10.4 Å². The summed E-state index contributed by atoms with van der Waals surface area (Å²) < 4.78 is 10.4. The molecule has 2 rings (SSSR count). The van der Waals surface area contributed by atoms with Crippen LogP contribution in [0.3, 0.4) is 0 Å². The summed E-state index contributed by atoms with van der Waals surface area (Å²) in [4.78, 5) is 15.7. The van der Waals surface area contributed by atoms with Crippen LogP contribution in [0.4, 0.5) is 0 Å². The van der Waals surface area contributed by atoms with Crippen molar-refractivity contribution in [2.45, 2.75) is 0 Å². The van der Waals surface area contributed by atoms with Gasteiger partial charge in [0, 0.05) is 18.0 Å². The summed E-state index contributed by atoms with van der Waals surface area (Å²) in [5.74, 6) is 0.979. The van der Waals surface area contributed by atoms with Crippen LogP contribution in [0.25, 0.3) is 0 Å². The fourth-order valence-corrected chi connectivity index (χ4v) is 1.66. The number of carbonyl (C=O) groups is 1. The lowest BCUT2D eigenvalue weighted by Crippen LogP contribution is -2.17. The third-order valence-electron chi connectivity index (χ3n) is 2.73. The maximum Gasteiger partial charge on any atom is 0.272 e. The molecule has 0 fully saturated rings. The van der Waals surface area contributed by atoms with E-state index in [1.165, 1.54) is 12.4 Å². The Kier molecular flexibility index (Phi) is 4.87. The van der Waals surface area contributed by atoms with Crippen molar-refractivity contribution < 1.29 is 14.3 Å². The predicted molar refractivity (Wildman–Crippen MR) is 78.8 cm³/mol. The van der Waals surface area contributed by atoms with Crippen LogP contribution in [0.1, 0.15) is 15.9 Å². The van der Waals surface area contributed by atoms with Crippen molar-refractivity contribution in [2.75, 3.05) is 14.2 Å². The lowest BCUT2D eigenvalue weighted by molar-refractivity contribution is 0.0955. The van der Waals surface area contributed by atoms with Gasteiger partial charge in [0.25, 0.3) is 5.91 Å². The topological polar surface area (TPSA) is 72.8 Å². The minimum Gasteiger partial charge on any atom is -0.497 e. The fourth-order valence-electron chi connectivity index (χ4n) is 1.66. The summed E-state index contributed by atoms with van der Waals surface area (Å²) in [5, 5.41) is 3.91. The summed E-state index contributed by atoms with van der Waals surface area (Å²) in [6, 6.07) is 8.65. The molecule has 1 amide bonds. The molecule has 0 aliphatic carbocycles. The molecule has 0 saturated carbocycles. The molecule has 6 heteroatoms. The van der Waals surface area contributed by atoms with Crippen LogP contribution < -0.4 is 14.9 Å². The van der Waals surface area contributed by atoms with Crippen molar-refractivity contribution >= 4 is 12.1 Å². The SMILES string of the molecule is COc1ccc(OC)c(/C=N/NC(=O)c2cccnc2)c1. The highest BCUT2D eigenvalue weighted by atomic mass is 16.5. The number of hydrogen-bond acceptors (Lipinski definition) is 5. The summed E-state index contributed by atoms with van der Waals surface area (Å²) >= 11 is 0. The van der Waals surface area contributed by atoms with E-state index in [9.17, 15) is 4.79 Å². The fraction of sp³-hybridized carbons (Fsp3) is 0.133. The van der Waals surface area contributed by atoms with Crippen molar-refractivity contribution in [3.8, 4) is 11.5 Å². The largest absolute Gasteiger partial charge is 0.497 e. The number of nitrogens with zero attached hydrogens (tertiary/aromatic N) is 2. The Morgan fingerprint density at radius 2 is 2.14 bits per heavy atom. The molecule has 1 aromatic carbocycles. The van der Waals surface area contributed by atoms with E-state index in [0.717, 1.165) is 0 Å². The first kappa shape index (κ1) is 14.5. The van der Waals surface area contributed by atoms with Gasteiger partial charge in [-0.15, -0.1) is 0 Å². The van der Waals surface area contributed by atoms with E-state index in [0.29, 0.717) is 22.6 Å². The Morgan fingerprint density at radius 1 is 1.29 bits per heavy atom. The van der Waals surface area contributed by atoms with Crippen LogP contribution in [0.5, 0.6) is 11.5 Å². The number of benzene rings is 1. The molecule has 6 nitrogen and oxygen atoms in total. The second kappa shape index (κ2) is 7.04. The van der Waals surface area contributed by atoms with Gasteiger partial charge in [-0.25, -0.2) is 5.43 Å². The molecule has 0 radical (unpaired) electrons. The predicted octanol–water partition coefficient (Wildman–Crippen LogP) is 1.86. The minimum absolute atomic E-state index is 0.332. The van der Waals surface area contributed by atoms with E-state index in [1.54, 1.807) is 50.7 Å². The van der Waals surface area contributed by atoms with Gasteiger partial charge in [0.2, 0.25) is 0 Å². The second-order valence-corrected chi connectivity index (χ2v) is 4.05. The normalized spacial score (nSPS) is 10.4. The summed E-state index contributed by atoms with van der Waals surface area (Å²) in [6.45, 7) is 0. The summed E-state index contributed by atoms with van der Waals surface area (Å²) in [7, 11) is 3.14. The maximum atomic E-state index is 11.8. The molecule has 0 bridgehead atoms. The monoisotopic (exact) mass is 285 g/mol. The van der Waals surface area contributed by atoms with Crippen molar-refractivity contribution in [1.29, 1.82) is 0 Å². The molecule has 1 N–H and O–H groups in total. The van der Waals surface area contributed by atoms with E-state index in [-0.39, 0.29) is 5.91 Å². The average Bonchev–Trinajstić information content (AvgIpc) is 2.55. The highest BCUT2D eigenvalue weighted by molar-refractivity contribution is 5.94. The van der Waals surface area contributed by atoms with Crippen LogP contribution in [0, 0.1) is 0 Å². The maximum absolute atomic E-state index is 11.8. The standard InChI is InChI=1S/C15H15N3O3/c1-20-13-5-6-14(21-2)12(8-13)10-17-18-15(19)11-4-3-7-16-9-11/h3-10H,1-2H3,(H,18,19)/b17-10+. The molecule has 21 heavy (non-hydrogen) atoms. The van der Waals surface area contributed by atoms with Crippen molar-refractivity contribution in [3.63, 3.8) is 0 Å². The molecule has 0 unspecified atom stereocenters. The first-order valence-corrected chi connectivity index (χ1v) is 6.20. The van der Waals surface area contributed by atoms with Gasteiger partial charge in [-0.05, 0) is 30.3 Å². The average molecular weight is 285 g/mol. The van der Waals surface area contributed by atoms with Gasteiger partial charge in [-0.3, -0.25) is 9.78 Å². The molecule has 0 atom stereocenters. The molecule has 1 aromatic heterocycles. The number of hydrogen-bond donors (Lipinski definition) is 1. The molecule has 0 aliphatic rings. The number of hydrazone groups is 1. The summed E-state index contributed by atoms with van der Waals surface area (Å²) in [5.41, 5.74) is 3.57. The zero-order valence-corrected chi connectivity index (χ0v) is 11.7. The van der Waals surface area contributed by atoms with E-state index >= 15 is 0 Å². The number of carbonyl (C=O) groups excluding carboxylic acids is 1. The Bertz CT molecular complexity index is 642. The van der Waals surface area contributed by atoms with Gasteiger partial charge in [0.1, 0.15) is 11.5 Å². The Hall–Kier alpha value is -2.89. The molecule has 0 saturated heterocycles. The lowest BCUT2D eigenvalue weighted by Gasteiger charge is -2.06. The molecule has 0 aliphatic heterocycles. The minimum atomic E-state index is -0.332. The number of ether oxygens (including phenoxy) is 2. The molecule has 0 spiro atoms. The quantitative estimate of drug-likeness (QED) is 0.672. The van der Waals surface area contributed by atoms with E-state index in [1.807, 2.05) is 0 Å². The molecule has 108 valence electrons. The van der Waals surface area contributed by atoms with Gasteiger partial charge in [-0.2, -0.15) is 5.10 Å². The Morgan fingerprint density at radius 3 is 2.81 bits per heavy atom. The number of rotatable bonds is 5. The third kappa shape index (κ3) is 3.79. The molecular formula is C15H15N3O3. The smallest absolute Gasteiger partial charge is 0.272 e. The first-order chi connectivity index (χ1) is 10.2. The van der Waals surface area contributed by atoms with E-state index in [2.05, 4.69) is 15.5 Å². The highest BCUT2D eigenvalue weighted by Gasteiger charge is 2.04. The Labute approximate surface area is 122 Å². The zero-order chi connectivity index (χ0) is 15.1. The third-order valence-corrected chi connectivity index (χ3v) is 2.73.